The summed E-state index contributed by atoms with van der Waals surface area (Å²) in [6, 6.07) is 0. The fraction of sp³-hybridized carbons (Fsp3) is 0.273. The molecular formula is C11H12Cl2Hf. The second-order valence-electron chi connectivity index (χ2n) is 3.09. The molecule has 14 heavy (non-hydrogen) atoms. The van der Waals surface area contributed by atoms with Gasteiger partial charge in [-0.1, -0.05) is 47.6 Å². The predicted molar refractivity (Wildman–Crippen MR) is 48.3 cm³/mol. The summed E-state index contributed by atoms with van der Waals surface area (Å²) < 4.78 is 0. The molecule has 0 aliphatic heterocycles. The molecule has 0 radical (unpaired) electrons. The van der Waals surface area contributed by atoms with Gasteiger partial charge in [-0.25, -0.2) is 0 Å². The molecule has 0 aromatic rings. The third kappa shape index (κ3) is 4.77. The molecule has 0 spiro atoms. The SMILES string of the molecule is C1=CCC(CC2=CC=CC2)=C1.[Cl-].[Cl-].[Hf+2]. The van der Waals surface area contributed by atoms with E-state index in [0.29, 0.717) is 0 Å². The molecule has 0 saturated carbocycles. The standard InChI is InChI=1S/C11H12.2ClH.Hf/c1-2-6-10(5-1)9-11-7-3-4-8-11;;;/h1-5,7H,6,8-9H2;2*1H;/q;;;+2/p-2. The van der Waals surface area contributed by atoms with Crippen LogP contribution in [0.3, 0.4) is 0 Å². The van der Waals surface area contributed by atoms with Crippen molar-refractivity contribution in [1.82, 2.24) is 0 Å². The molecule has 0 heterocycles. The number of halogens is 2. The molecule has 0 fully saturated rings. The average molecular weight is 394 g/mol. The third-order valence-corrected chi connectivity index (χ3v) is 2.15. The minimum Gasteiger partial charge on any atom is -1.00 e. The van der Waals surface area contributed by atoms with Crippen LogP contribution in [-0.2, 0) is 25.8 Å². The molecule has 2 aliphatic rings. The van der Waals surface area contributed by atoms with E-state index in [1.165, 1.54) is 6.42 Å². The van der Waals surface area contributed by atoms with Gasteiger partial charge in [0.1, 0.15) is 0 Å². The van der Waals surface area contributed by atoms with E-state index in [9.17, 15) is 0 Å². The molecule has 0 atom stereocenters. The van der Waals surface area contributed by atoms with Gasteiger partial charge < -0.3 is 24.8 Å². The van der Waals surface area contributed by atoms with Crippen LogP contribution < -0.4 is 24.8 Å². The van der Waals surface area contributed by atoms with E-state index >= 15 is 0 Å². The Bertz CT molecular complexity index is 247. The first-order valence-electron chi connectivity index (χ1n) is 4.14. The van der Waals surface area contributed by atoms with Crippen molar-refractivity contribution in [2.75, 3.05) is 0 Å². The molecule has 0 nitrogen and oxygen atoms in total. The molecule has 0 amide bonds. The van der Waals surface area contributed by atoms with E-state index in [1.54, 1.807) is 11.1 Å². The molecular weight excluding hydrogens is 382 g/mol. The molecule has 0 saturated heterocycles. The van der Waals surface area contributed by atoms with E-state index in [2.05, 4.69) is 36.5 Å². The van der Waals surface area contributed by atoms with E-state index < -0.39 is 0 Å². The van der Waals surface area contributed by atoms with Crippen molar-refractivity contribution in [3.05, 3.63) is 47.6 Å². The molecule has 2 rings (SSSR count). The van der Waals surface area contributed by atoms with Gasteiger partial charge in [0.25, 0.3) is 0 Å². The minimum atomic E-state index is 0. The zero-order valence-corrected chi connectivity index (χ0v) is 12.9. The van der Waals surface area contributed by atoms with Crippen molar-refractivity contribution in [1.29, 1.82) is 0 Å². The Morgan fingerprint density at radius 3 is 1.57 bits per heavy atom. The predicted octanol–water partition coefficient (Wildman–Crippen LogP) is -2.85. The summed E-state index contributed by atoms with van der Waals surface area (Å²) >= 11 is 0. The van der Waals surface area contributed by atoms with E-state index in [-0.39, 0.29) is 50.7 Å². The van der Waals surface area contributed by atoms with Gasteiger partial charge in [0.05, 0.1) is 0 Å². The zero-order valence-electron chi connectivity index (χ0n) is 7.84. The van der Waals surface area contributed by atoms with Crippen molar-refractivity contribution in [3.63, 3.8) is 0 Å². The monoisotopic (exact) mass is 394 g/mol. The van der Waals surface area contributed by atoms with Gasteiger partial charge in [0, 0.05) is 0 Å². The molecule has 2 aliphatic carbocycles. The number of hydrogen-bond donors (Lipinski definition) is 0. The first kappa shape index (κ1) is 16.8. The second-order valence-corrected chi connectivity index (χ2v) is 3.09. The molecule has 74 valence electrons. The first-order chi connectivity index (χ1) is 5.45. The zero-order chi connectivity index (χ0) is 7.52. The van der Waals surface area contributed by atoms with Crippen LogP contribution in [0.4, 0.5) is 0 Å². The van der Waals surface area contributed by atoms with Crippen LogP contribution in [0, 0.1) is 0 Å². The maximum Gasteiger partial charge on any atom is 2.00 e. The summed E-state index contributed by atoms with van der Waals surface area (Å²) in [5, 5.41) is 0. The van der Waals surface area contributed by atoms with Gasteiger partial charge in [-0.05, 0) is 19.3 Å². The molecule has 0 bridgehead atoms. The van der Waals surface area contributed by atoms with Crippen LogP contribution >= 0.6 is 0 Å². The van der Waals surface area contributed by atoms with E-state index in [0.717, 1.165) is 12.8 Å². The Labute approximate surface area is 117 Å². The van der Waals surface area contributed by atoms with Crippen LogP contribution in [0.5, 0.6) is 0 Å². The van der Waals surface area contributed by atoms with Crippen LogP contribution in [0.15, 0.2) is 47.6 Å². The summed E-state index contributed by atoms with van der Waals surface area (Å²) in [6.07, 6.45) is 16.7. The normalized spacial score (nSPS) is 16.3. The third-order valence-electron chi connectivity index (χ3n) is 2.15. The van der Waals surface area contributed by atoms with Crippen molar-refractivity contribution in [2.24, 2.45) is 0 Å². The molecule has 0 unspecified atom stereocenters. The quantitative estimate of drug-likeness (QED) is 0.444. The summed E-state index contributed by atoms with van der Waals surface area (Å²) in [4.78, 5) is 0. The van der Waals surface area contributed by atoms with Crippen LogP contribution in [0.2, 0.25) is 0 Å². The van der Waals surface area contributed by atoms with Gasteiger partial charge in [0.15, 0.2) is 0 Å². The average Bonchev–Trinajstić information content (AvgIpc) is 2.60. The van der Waals surface area contributed by atoms with Gasteiger partial charge in [-0.3, -0.25) is 0 Å². The Kier molecular flexibility index (Phi) is 10.5. The van der Waals surface area contributed by atoms with Crippen LogP contribution in [0.25, 0.3) is 0 Å². The van der Waals surface area contributed by atoms with Crippen LogP contribution in [0.1, 0.15) is 19.3 Å². The Morgan fingerprint density at radius 1 is 0.857 bits per heavy atom. The molecule has 0 N–H and O–H groups in total. The van der Waals surface area contributed by atoms with Gasteiger partial charge in [-0.2, -0.15) is 0 Å². The topological polar surface area (TPSA) is 0 Å². The number of allylic oxidation sites excluding steroid dienone is 8. The smallest absolute Gasteiger partial charge is 1.00 e. The van der Waals surface area contributed by atoms with Gasteiger partial charge in [0.2, 0.25) is 0 Å². The van der Waals surface area contributed by atoms with Crippen molar-refractivity contribution in [3.8, 4) is 0 Å². The van der Waals surface area contributed by atoms with Crippen LogP contribution in [-0.4, -0.2) is 0 Å². The fourth-order valence-electron chi connectivity index (χ4n) is 1.54. The summed E-state index contributed by atoms with van der Waals surface area (Å²) in [5.41, 5.74) is 3.11. The summed E-state index contributed by atoms with van der Waals surface area (Å²) in [6.45, 7) is 0. The van der Waals surface area contributed by atoms with Gasteiger partial charge >= 0.3 is 25.8 Å². The Hall–Kier alpha value is 0.410. The number of rotatable bonds is 2. The fourth-order valence-corrected chi connectivity index (χ4v) is 1.54. The van der Waals surface area contributed by atoms with E-state index in [4.69, 9.17) is 0 Å². The minimum absolute atomic E-state index is 0. The Morgan fingerprint density at radius 2 is 1.29 bits per heavy atom. The number of hydrogen-bond acceptors (Lipinski definition) is 0. The Balaban J connectivity index is 0. The van der Waals surface area contributed by atoms with Crippen molar-refractivity contribution < 1.29 is 50.7 Å². The largest absolute Gasteiger partial charge is 2.00 e. The molecule has 0 aromatic heterocycles. The maximum absolute atomic E-state index is 2.24. The van der Waals surface area contributed by atoms with E-state index in [1.807, 2.05) is 0 Å². The van der Waals surface area contributed by atoms with Crippen molar-refractivity contribution >= 4 is 0 Å². The van der Waals surface area contributed by atoms with Crippen molar-refractivity contribution in [2.45, 2.75) is 19.3 Å². The summed E-state index contributed by atoms with van der Waals surface area (Å²) in [5.74, 6) is 0. The van der Waals surface area contributed by atoms with Gasteiger partial charge in [-0.15, -0.1) is 0 Å². The first-order valence-corrected chi connectivity index (χ1v) is 4.14. The molecule has 0 aromatic carbocycles. The molecule has 3 heteroatoms. The maximum atomic E-state index is 2.24. The second kappa shape index (κ2) is 8.70. The summed E-state index contributed by atoms with van der Waals surface area (Å²) in [7, 11) is 0.